The Labute approximate surface area is 158 Å². The van der Waals surface area contributed by atoms with Crippen LogP contribution in [0, 0.1) is 5.92 Å². The molecule has 6 heteroatoms. The first kappa shape index (κ1) is 16.8. The first-order chi connectivity index (χ1) is 13.2. The van der Waals surface area contributed by atoms with E-state index in [1.807, 2.05) is 0 Å². The highest BCUT2D eigenvalue weighted by Crippen LogP contribution is 2.46. The molecule has 0 radical (unpaired) electrons. The second-order valence-electron chi connectivity index (χ2n) is 8.10. The number of piperidine rings is 3. The summed E-state index contributed by atoms with van der Waals surface area (Å²) in [5.74, 6) is 1.73. The van der Waals surface area contributed by atoms with Crippen LogP contribution in [-0.4, -0.2) is 52.6 Å². The average Bonchev–Trinajstić information content (AvgIpc) is 3.33. The van der Waals surface area contributed by atoms with Gasteiger partial charge >= 0.3 is 0 Å². The minimum absolute atomic E-state index is 0.182. The van der Waals surface area contributed by atoms with Gasteiger partial charge in [-0.3, -0.25) is 14.5 Å². The Balaban J connectivity index is 1.38. The molecule has 2 bridgehead atoms. The van der Waals surface area contributed by atoms with E-state index in [0.717, 1.165) is 19.6 Å². The van der Waals surface area contributed by atoms with Gasteiger partial charge in [0.1, 0.15) is 5.76 Å². The molecule has 0 aliphatic carbocycles. The van der Waals surface area contributed by atoms with E-state index in [9.17, 15) is 9.59 Å². The maximum absolute atomic E-state index is 13.1. The van der Waals surface area contributed by atoms with Gasteiger partial charge in [-0.05, 0) is 37.4 Å². The number of hydrogen-bond donors (Lipinski definition) is 1. The number of nitrogens with one attached hydrogen (secondary N) is 1. The van der Waals surface area contributed by atoms with Crippen molar-refractivity contribution in [3.8, 4) is 0 Å². The molecule has 1 aromatic heterocycles. The first-order valence-corrected chi connectivity index (χ1v) is 9.96. The molecule has 0 spiro atoms. The van der Waals surface area contributed by atoms with Gasteiger partial charge in [-0.2, -0.15) is 5.16 Å². The molecule has 6 rings (SSSR count). The summed E-state index contributed by atoms with van der Waals surface area (Å²) < 4.78 is 5.11. The molecule has 3 atom stereocenters. The van der Waals surface area contributed by atoms with Gasteiger partial charge in [0, 0.05) is 37.4 Å². The van der Waals surface area contributed by atoms with Gasteiger partial charge in [0.2, 0.25) is 5.91 Å². The molecule has 27 heavy (non-hydrogen) atoms. The Bertz CT molecular complexity index is 866. The van der Waals surface area contributed by atoms with Crippen LogP contribution < -0.4 is 5.56 Å². The normalized spacial score (nSPS) is 31.9. The smallest absolute Gasteiger partial charge is 0.280 e. The van der Waals surface area contributed by atoms with E-state index < -0.39 is 0 Å². The highest BCUT2D eigenvalue weighted by Gasteiger charge is 2.54. The molecular weight excluding hydrogens is 342 g/mol. The van der Waals surface area contributed by atoms with Gasteiger partial charge in [0.05, 0.1) is 6.04 Å². The fourth-order valence-corrected chi connectivity index (χ4v) is 5.52. The van der Waals surface area contributed by atoms with Crippen LogP contribution in [0.2, 0.25) is 0 Å². The zero-order valence-corrected chi connectivity index (χ0v) is 15.3. The van der Waals surface area contributed by atoms with E-state index in [2.05, 4.69) is 45.3 Å². The summed E-state index contributed by atoms with van der Waals surface area (Å²) in [6.07, 6.45) is 3.24. The topological polar surface area (TPSA) is 69.5 Å². The van der Waals surface area contributed by atoms with Crippen LogP contribution in [-0.2, 0) is 11.2 Å². The van der Waals surface area contributed by atoms with Gasteiger partial charge in [-0.25, -0.2) is 0 Å². The third-order valence-corrected chi connectivity index (χ3v) is 6.70. The Morgan fingerprint density at radius 1 is 1.15 bits per heavy atom. The Morgan fingerprint density at radius 2 is 1.93 bits per heavy atom. The van der Waals surface area contributed by atoms with Gasteiger partial charge in [0.15, 0.2) is 0 Å². The minimum Gasteiger partial charge on any atom is -0.384 e. The van der Waals surface area contributed by atoms with Crippen molar-refractivity contribution >= 4 is 5.91 Å². The summed E-state index contributed by atoms with van der Waals surface area (Å²) >= 11 is 0. The first-order valence-electron chi connectivity index (χ1n) is 9.96. The molecule has 4 fully saturated rings. The molecule has 1 amide bonds. The lowest BCUT2D eigenvalue weighted by molar-refractivity contribution is -0.136. The molecule has 1 aromatic carbocycles. The number of aryl methyl sites for hydroxylation is 1. The van der Waals surface area contributed by atoms with Crippen LogP contribution in [0.1, 0.15) is 36.5 Å². The van der Waals surface area contributed by atoms with E-state index in [-0.39, 0.29) is 11.5 Å². The van der Waals surface area contributed by atoms with E-state index >= 15 is 0 Å². The van der Waals surface area contributed by atoms with Gasteiger partial charge < -0.3 is 9.42 Å². The maximum atomic E-state index is 13.1. The third kappa shape index (κ3) is 2.92. The number of aromatic nitrogens is 1. The monoisotopic (exact) mass is 367 g/mol. The van der Waals surface area contributed by atoms with Crippen molar-refractivity contribution in [3.05, 3.63) is 58.1 Å². The molecule has 2 aromatic rings. The fraction of sp³-hybridized carbons (Fsp3) is 0.524. The number of H-pyrrole nitrogens is 1. The van der Waals surface area contributed by atoms with Crippen molar-refractivity contribution in [1.29, 1.82) is 0 Å². The van der Waals surface area contributed by atoms with Gasteiger partial charge in [-0.1, -0.05) is 30.3 Å². The van der Waals surface area contributed by atoms with Crippen molar-refractivity contribution in [2.75, 3.05) is 19.6 Å². The predicted octanol–water partition coefficient (Wildman–Crippen LogP) is 1.99. The second kappa shape index (κ2) is 6.68. The number of likely N-dealkylation sites (tertiary alicyclic amines) is 1. The molecule has 1 N–H and O–H groups in total. The lowest BCUT2D eigenvalue weighted by Gasteiger charge is -2.51. The molecule has 0 unspecified atom stereocenters. The number of hydrogen-bond acceptors (Lipinski definition) is 4. The van der Waals surface area contributed by atoms with Crippen LogP contribution >= 0.6 is 0 Å². The van der Waals surface area contributed by atoms with Crippen molar-refractivity contribution in [3.63, 3.8) is 0 Å². The molecule has 142 valence electrons. The maximum Gasteiger partial charge on any atom is 0.280 e. The summed E-state index contributed by atoms with van der Waals surface area (Å²) in [5.41, 5.74) is 1.09. The zero-order chi connectivity index (χ0) is 18.4. The van der Waals surface area contributed by atoms with E-state index in [4.69, 9.17) is 4.52 Å². The summed E-state index contributed by atoms with van der Waals surface area (Å²) in [6.45, 7) is 3.11. The van der Waals surface area contributed by atoms with E-state index in [1.165, 1.54) is 24.5 Å². The second-order valence-corrected chi connectivity index (χ2v) is 8.10. The van der Waals surface area contributed by atoms with Crippen molar-refractivity contribution in [1.82, 2.24) is 15.0 Å². The van der Waals surface area contributed by atoms with Crippen LogP contribution in [0.15, 0.2) is 45.7 Å². The fourth-order valence-electron chi connectivity index (χ4n) is 5.52. The van der Waals surface area contributed by atoms with Gasteiger partial charge in [0.25, 0.3) is 5.56 Å². The summed E-state index contributed by atoms with van der Waals surface area (Å²) in [7, 11) is 0. The number of rotatable bonds is 4. The summed E-state index contributed by atoms with van der Waals surface area (Å²) in [5, 5.41) is 2.30. The lowest BCUT2D eigenvalue weighted by Crippen LogP contribution is -2.60. The highest BCUT2D eigenvalue weighted by molar-refractivity contribution is 5.77. The number of aromatic amines is 1. The highest BCUT2D eigenvalue weighted by atomic mass is 16.5. The number of fused-ring (bicyclic) bond motifs is 2. The number of amides is 1. The SMILES string of the molecule is O=C(CCc1cc(=O)[nH]o1)N1C[C@H](c2ccccc2)[C@H]2[C@@H]1C1CCN2CC1. The van der Waals surface area contributed by atoms with Crippen LogP contribution in [0.3, 0.4) is 0 Å². The predicted molar refractivity (Wildman–Crippen MR) is 100 cm³/mol. The van der Waals surface area contributed by atoms with Crippen molar-refractivity contribution < 1.29 is 9.32 Å². The number of carbonyl (C=O) groups is 1. The van der Waals surface area contributed by atoms with Gasteiger partial charge in [-0.15, -0.1) is 0 Å². The molecule has 0 saturated carbocycles. The van der Waals surface area contributed by atoms with Crippen LogP contribution in [0.5, 0.6) is 0 Å². The Hall–Kier alpha value is -2.34. The average molecular weight is 367 g/mol. The van der Waals surface area contributed by atoms with Crippen LogP contribution in [0.25, 0.3) is 0 Å². The molecule has 4 aliphatic heterocycles. The minimum atomic E-state index is -0.250. The Kier molecular flexibility index (Phi) is 4.16. The summed E-state index contributed by atoms with van der Waals surface area (Å²) in [4.78, 5) is 29.1. The third-order valence-electron chi connectivity index (χ3n) is 6.70. The van der Waals surface area contributed by atoms with Crippen molar-refractivity contribution in [2.24, 2.45) is 5.92 Å². The number of benzene rings is 1. The molecule has 4 aliphatic rings. The number of carbonyl (C=O) groups excluding carboxylic acids is 1. The largest absolute Gasteiger partial charge is 0.384 e. The zero-order valence-electron chi connectivity index (χ0n) is 15.3. The molecule has 5 heterocycles. The van der Waals surface area contributed by atoms with Crippen LogP contribution in [0.4, 0.5) is 0 Å². The standard InChI is InChI=1S/C21H25N3O3/c25-18-12-16(27-22-18)6-7-19(26)24-13-17(14-4-2-1-3-5-14)21-20(24)15-8-10-23(21)11-9-15/h1-5,12,15,17,20-21H,6-11,13H2,(H,22,25)/t17-,20+,21+/m1/s1. The number of nitrogens with zero attached hydrogens (tertiary/aromatic N) is 2. The lowest BCUT2D eigenvalue weighted by atomic mass is 9.75. The van der Waals surface area contributed by atoms with E-state index in [1.54, 1.807) is 0 Å². The molecular formula is C21H25N3O3. The Morgan fingerprint density at radius 3 is 2.63 bits per heavy atom. The summed E-state index contributed by atoms with van der Waals surface area (Å²) in [6, 6.07) is 12.8. The molecule has 6 nitrogen and oxygen atoms in total. The quantitative estimate of drug-likeness (QED) is 0.897. The van der Waals surface area contributed by atoms with E-state index in [0.29, 0.717) is 42.5 Å². The van der Waals surface area contributed by atoms with Crippen molar-refractivity contribution in [2.45, 2.75) is 43.7 Å². The molecule has 4 saturated heterocycles.